The van der Waals surface area contributed by atoms with E-state index in [9.17, 15) is 8.42 Å². The summed E-state index contributed by atoms with van der Waals surface area (Å²) in [4.78, 5) is 0.260. The van der Waals surface area contributed by atoms with E-state index < -0.39 is 15.6 Å². The summed E-state index contributed by atoms with van der Waals surface area (Å²) in [6, 6.07) is 0. The zero-order valence-corrected chi connectivity index (χ0v) is 9.17. The average molecular weight is 222 g/mol. The summed E-state index contributed by atoms with van der Waals surface area (Å²) in [7, 11) is -3.23. The highest BCUT2D eigenvalue weighted by molar-refractivity contribution is 7.89. The van der Waals surface area contributed by atoms with Crippen molar-refractivity contribution in [3.8, 4) is 0 Å². The molecule has 0 aromatic heterocycles. The van der Waals surface area contributed by atoms with Gasteiger partial charge in [0.1, 0.15) is 0 Å². The van der Waals surface area contributed by atoms with E-state index in [2.05, 4.69) is 4.72 Å². The Morgan fingerprint density at radius 3 is 2.23 bits per heavy atom. The van der Waals surface area contributed by atoms with Crippen molar-refractivity contribution >= 4 is 27.2 Å². The fourth-order valence-corrected chi connectivity index (χ4v) is 3.08. The largest absolute Gasteiger partial charge is 0.392 e. The van der Waals surface area contributed by atoms with Gasteiger partial charge in [-0.1, -0.05) is 25.1 Å². The molecule has 0 heterocycles. The Kier molecular flexibility index (Phi) is 2.94. The molecule has 1 saturated carbocycles. The highest BCUT2D eigenvalue weighted by Gasteiger charge is 2.38. The number of nitrogens with two attached hydrogens (primary N) is 1. The molecule has 13 heavy (non-hydrogen) atoms. The fourth-order valence-electron chi connectivity index (χ4n) is 1.73. The van der Waals surface area contributed by atoms with Crippen LogP contribution in [-0.4, -0.2) is 25.2 Å². The van der Waals surface area contributed by atoms with Crippen LogP contribution in [0.5, 0.6) is 0 Å². The van der Waals surface area contributed by atoms with Crippen LogP contribution in [0.3, 0.4) is 0 Å². The number of nitrogens with one attached hydrogen (secondary N) is 1. The van der Waals surface area contributed by atoms with Crippen molar-refractivity contribution in [3.05, 3.63) is 0 Å². The monoisotopic (exact) mass is 222 g/mol. The van der Waals surface area contributed by atoms with Crippen LogP contribution in [-0.2, 0) is 10.0 Å². The molecular weight excluding hydrogens is 208 g/mol. The van der Waals surface area contributed by atoms with Gasteiger partial charge in [0.25, 0.3) is 0 Å². The highest BCUT2D eigenvalue weighted by Crippen LogP contribution is 2.30. The smallest absolute Gasteiger partial charge is 0.209 e. The second-order valence-electron chi connectivity index (χ2n) is 3.53. The Hall–Kier alpha value is -0.200. The minimum atomic E-state index is -3.23. The molecule has 1 rings (SSSR count). The van der Waals surface area contributed by atoms with Crippen LogP contribution in [0, 0.1) is 0 Å². The van der Waals surface area contributed by atoms with Gasteiger partial charge in [-0.15, -0.1) is 0 Å². The predicted octanol–water partition coefficient (Wildman–Crippen LogP) is 0.134. The summed E-state index contributed by atoms with van der Waals surface area (Å²) in [5.41, 5.74) is 4.89. The van der Waals surface area contributed by atoms with E-state index >= 15 is 0 Å². The summed E-state index contributed by atoms with van der Waals surface area (Å²) in [5.74, 6) is 0. The van der Waals surface area contributed by atoms with E-state index in [-0.39, 0.29) is 4.99 Å². The van der Waals surface area contributed by atoms with Crippen molar-refractivity contribution in [1.29, 1.82) is 0 Å². The van der Waals surface area contributed by atoms with Gasteiger partial charge < -0.3 is 5.73 Å². The number of rotatable bonds is 3. The van der Waals surface area contributed by atoms with Gasteiger partial charge >= 0.3 is 0 Å². The second-order valence-corrected chi connectivity index (χ2v) is 5.72. The van der Waals surface area contributed by atoms with Gasteiger partial charge in [0.15, 0.2) is 0 Å². The topological polar surface area (TPSA) is 72.2 Å². The molecular formula is C7H14N2O2S2. The lowest BCUT2D eigenvalue weighted by atomic mass is 10.00. The normalized spacial score (nSPS) is 21.6. The minimum absolute atomic E-state index is 0.260. The molecule has 0 unspecified atom stereocenters. The standard InChI is InChI=1S/C7H14N2O2S2/c1-13(10,11)9-7(6(8)12)4-2-3-5-7/h9H,2-5H2,1H3,(H2,8,12). The molecule has 1 aliphatic rings. The van der Waals surface area contributed by atoms with Gasteiger partial charge in [-0.2, -0.15) is 0 Å². The Morgan fingerprint density at radius 1 is 1.46 bits per heavy atom. The zero-order chi connectivity index (χ0) is 10.1. The Morgan fingerprint density at radius 2 is 1.92 bits per heavy atom. The van der Waals surface area contributed by atoms with Crippen LogP contribution in [0.25, 0.3) is 0 Å². The summed E-state index contributed by atoms with van der Waals surface area (Å²) >= 11 is 4.89. The molecule has 4 nitrogen and oxygen atoms in total. The van der Waals surface area contributed by atoms with E-state index in [1.807, 2.05) is 0 Å². The molecule has 0 atom stereocenters. The Bertz CT molecular complexity index is 304. The third kappa shape index (κ3) is 2.62. The van der Waals surface area contributed by atoms with Crippen molar-refractivity contribution in [2.24, 2.45) is 5.73 Å². The first-order valence-corrected chi connectivity index (χ1v) is 6.45. The lowest BCUT2D eigenvalue weighted by Crippen LogP contribution is -2.54. The van der Waals surface area contributed by atoms with E-state index in [4.69, 9.17) is 18.0 Å². The lowest BCUT2D eigenvalue weighted by Gasteiger charge is -2.27. The van der Waals surface area contributed by atoms with E-state index in [0.29, 0.717) is 0 Å². The summed E-state index contributed by atoms with van der Waals surface area (Å²) in [5, 5.41) is 0. The first kappa shape index (κ1) is 10.9. The summed E-state index contributed by atoms with van der Waals surface area (Å²) in [6.07, 6.45) is 4.51. The molecule has 1 fully saturated rings. The SMILES string of the molecule is CS(=O)(=O)NC1(C(N)=S)CCCC1. The van der Waals surface area contributed by atoms with Crippen molar-refractivity contribution in [2.75, 3.05) is 6.26 Å². The van der Waals surface area contributed by atoms with Gasteiger partial charge in [-0.3, -0.25) is 0 Å². The summed E-state index contributed by atoms with van der Waals surface area (Å²) in [6.45, 7) is 0. The van der Waals surface area contributed by atoms with Crippen LogP contribution in [0.2, 0.25) is 0 Å². The van der Waals surface area contributed by atoms with Crippen LogP contribution < -0.4 is 10.5 Å². The molecule has 0 aromatic carbocycles. The second kappa shape index (κ2) is 3.51. The third-order valence-electron chi connectivity index (χ3n) is 2.31. The van der Waals surface area contributed by atoms with Gasteiger partial charge in [-0.05, 0) is 12.8 Å². The van der Waals surface area contributed by atoms with Gasteiger partial charge in [0.2, 0.25) is 10.0 Å². The molecule has 0 saturated heterocycles. The number of hydrogen-bond acceptors (Lipinski definition) is 3. The molecule has 0 aromatic rings. The molecule has 0 radical (unpaired) electrons. The third-order valence-corrected chi connectivity index (χ3v) is 3.46. The van der Waals surface area contributed by atoms with Gasteiger partial charge in [0.05, 0.1) is 16.8 Å². The van der Waals surface area contributed by atoms with Gasteiger partial charge in [0, 0.05) is 0 Å². The van der Waals surface area contributed by atoms with E-state index in [1.54, 1.807) is 0 Å². The molecule has 3 N–H and O–H groups in total. The quantitative estimate of drug-likeness (QED) is 0.666. The van der Waals surface area contributed by atoms with Crippen LogP contribution in [0.15, 0.2) is 0 Å². The lowest BCUT2D eigenvalue weighted by molar-refractivity contribution is 0.506. The highest BCUT2D eigenvalue weighted by atomic mass is 32.2. The van der Waals surface area contributed by atoms with E-state index in [1.165, 1.54) is 0 Å². The first-order valence-electron chi connectivity index (χ1n) is 4.15. The number of hydrogen-bond donors (Lipinski definition) is 2. The zero-order valence-electron chi connectivity index (χ0n) is 7.54. The van der Waals surface area contributed by atoms with Crippen molar-refractivity contribution in [1.82, 2.24) is 4.72 Å². The van der Waals surface area contributed by atoms with Crippen molar-refractivity contribution in [2.45, 2.75) is 31.2 Å². The molecule has 1 aliphatic carbocycles. The van der Waals surface area contributed by atoms with Crippen LogP contribution in [0.4, 0.5) is 0 Å². The van der Waals surface area contributed by atoms with Crippen molar-refractivity contribution < 1.29 is 8.42 Å². The Labute approximate surface area is 83.9 Å². The molecule has 6 heteroatoms. The molecule has 0 spiro atoms. The van der Waals surface area contributed by atoms with Gasteiger partial charge in [-0.25, -0.2) is 13.1 Å². The molecule has 0 amide bonds. The Balaban J connectivity index is 2.86. The van der Waals surface area contributed by atoms with Crippen LogP contribution >= 0.6 is 12.2 Å². The maximum atomic E-state index is 11.1. The maximum Gasteiger partial charge on any atom is 0.209 e. The maximum absolute atomic E-state index is 11.1. The average Bonchev–Trinajstić information content (AvgIpc) is 2.33. The number of sulfonamides is 1. The molecule has 0 aliphatic heterocycles. The van der Waals surface area contributed by atoms with Crippen molar-refractivity contribution in [3.63, 3.8) is 0 Å². The first-order chi connectivity index (χ1) is 5.86. The van der Waals surface area contributed by atoms with Crippen LogP contribution in [0.1, 0.15) is 25.7 Å². The predicted molar refractivity (Wildman–Crippen MR) is 56.0 cm³/mol. The van der Waals surface area contributed by atoms with E-state index in [0.717, 1.165) is 31.9 Å². The minimum Gasteiger partial charge on any atom is -0.392 e. The fraction of sp³-hybridized carbons (Fsp3) is 0.857. The molecule has 0 bridgehead atoms. The number of thiocarbonyl (C=S) groups is 1. The summed E-state index contributed by atoms with van der Waals surface area (Å²) < 4.78 is 24.7. The molecule has 76 valence electrons.